The molecule has 1 aliphatic carbocycles. The van der Waals surface area contributed by atoms with Crippen LogP contribution in [0.5, 0.6) is 17.2 Å². The first-order valence-corrected chi connectivity index (χ1v) is 10.2. The van der Waals surface area contributed by atoms with Crippen LogP contribution in [0.3, 0.4) is 0 Å². The molecule has 0 amide bonds. The van der Waals surface area contributed by atoms with Crippen molar-refractivity contribution >= 4 is 33.0 Å². The molecule has 0 aliphatic heterocycles. The van der Waals surface area contributed by atoms with Gasteiger partial charge in [0.1, 0.15) is 9.71 Å². The van der Waals surface area contributed by atoms with Crippen LogP contribution in [-0.4, -0.2) is 32.1 Å². The number of nitrogens with zero attached hydrogens (tertiary/aromatic N) is 1. The minimum absolute atomic E-state index is 0.00838. The Bertz CT molecular complexity index is 1180. The van der Waals surface area contributed by atoms with Gasteiger partial charge in [-0.2, -0.15) is 13.2 Å². The number of fused-ring (bicyclic) bond motifs is 2. The second-order valence-corrected chi connectivity index (χ2v) is 8.03. The standard InChI is InChI=1S/C21H19F3N2O4S/c1-28-12-7-9(8-13(29-2)18(12)30-3)17(27)19-16(25)14-15(21(22,23)24)10-5-4-6-11(10)26-20(14)31-19/h7-8H,4-6,25H2,1-3H3. The van der Waals surface area contributed by atoms with E-state index in [4.69, 9.17) is 19.9 Å². The van der Waals surface area contributed by atoms with Gasteiger partial charge in [0.25, 0.3) is 0 Å². The van der Waals surface area contributed by atoms with Crippen molar-refractivity contribution in [3.05, 3.63) is 39.4 Å². The summed E-state index contributed by atoms with van der Waals surface area (Å²) in [7, 11) is 4.23. The summed E-state index contributed by atoms with van der Waals surface area (Å²) in [6.45, 7) is 0. The Morgan fingerprint density at radius 2 is 1.74 bits per heavy atom. The third kappa shape index (κ3) is 3.34. The summed E-state index contributed by atoms with van der Waals surface area (Å²) in [6, 6.07) is 2.87. The molecule has 4 rings (SSSR count). The van der Waals surface area contributed by atoms with E-state index in [0.29, 0.717) is 30.7 Å². The zero-order chi connectivity index (χ0) is 22.5. The Labute approximate surface area is 179 Å². The number of ketones is 1. The molecule has 164 valence electrons. The predicted molar refractivity (Wildman–Crippen MR) is 111 cm³/mol. The van der Waals surface area contributed by atoms with Crippen LogP contribution in [-0.2, 0) is 19.0 Å². The Morgan fingerprint density at radius 3 is 2.29 bits per heavy atom. The zero-order valence-electron chi connectivity index (χ0n) is 17.0. The van der Waals surface area contributed by atoms with Gasteiger partial charge in [-0.3, -0.25) is 4.79 Å². The van der Waals surface area contributed by atoms with Crippen molar-refractivity contribution in [3.63, 3.8) is 0 Å². The fourth-order valence-corrected chi connectivity index (χ4v) is 5.06. The number of rotatable bonds is 5. The number of aryl methyl sites for hydroxylation is 1. The number of methoxy groups -OCH3 is 3. The van der Waals surface area contributed by atoms with Crippen LogP contribution in [0.1, 0.15) is 38.5 Å². The highest BCUT2D eigenvalue weighted by Gasteiger charge is 2.40. The Balaban J connectivity index is 1.92. The second kappa shape index (κ2) is 7.60. The summed E-state index contributed by atoms with van der Waals surface area (Å²) < 4.78 is 57.7. The number of ether oxygens (including phenoxy) is 3. The van der Waals surface area contributed by atoms with Crippen molar-refractivity contribution < 1.29 is 32.2 Å². The van der Waals surface area contributed by atoms with Gasteiger partial charge in [0, 0.05) is 16.6 Å². The van der Waals surface area contributed by atoms with E-state index in [1.165, 1.54) is 33.5 Å². The van der Waals surface area contributed by atoms with Crippen LogP contribution >= 0.6 is 11.3 Å². The maximum Gasteiger partial charge on any atom is 0.417 e. The molecule has 1 aromatic carbocycles. The van der Waals surface area contributed by atoms with Gasteiger partial charge in [0.2, 0.25) is 11.5 Å². The molecule has 2 aromatic heterocycles. The highest BCUT2D eigenvalue weighted by molar-refractivity contribution is 7.21. The number of pyridine rings is 1. The van der Waals surface area contributed by atoms with Gasteiger partial charge in [0.05, 0.1) is 32.6 Å². The van der Waals surface area contributed by atoms with Crippen LogP contribution in [0.15, 0.2) is 12.1 Å². The van der Waals surface area contributed by atoms with E-state index in [0.717, 1.165) is 11.3 Å². The summed E-state index contributed by atoms with van der Waals surface area (Å²) >= 11 is 0.861. The molecule has 0 spiro atoms. The number of halogens is 3. The quantitative estimate of drug-likeness (QED) is 0.568. The van der Waals surface area contributed by atoms with E-state index in [-0.39, 0.29) is 43.4 Å². The number of thiophene rings is 1. The Morgan fingerprint density at radius 1 is 1.10 bits per heavy atom. The fraction of sp³-hybridized carbons (Fsp3) is 0.333. The number of carbonyl (C=O) groups excluding carboxylic acids is 1. The second-order valence-electron chi connectivity index (χ2n) is 7.03. The number of nitrogen functional groups attached to an aromatic ring is 1. The predicted octanol–water partition coefficient (Wildman–Crippen LogP) is 4.64. The number of hydrogen-bond donors (Lipinski definition) is 1. The van der Waals surface area contributed by atoms with Crippen molar-refractivity contribution in [2.24, 2.45) is 0 Å². The summed E-state index contributed by atoms with van der Waals surface area (Å²) in [5.41, 5.74) is 5.89. The fourth-order valence-electron chi connectivity index (χ4n) is 3.97. The van der Waals surface area contributed by atoms with Crippen LogP contribution in [0.2, 0.25) is 0 Å². The van der Waals surface area contributed by atoms with E-state index in [9.17, 15) is 18.0 Å². The molecule has 0 radical (unpaired) electrons. The minimum atomic E-state index is -4.60. The summed E-state index contributed by atoms with van der Waals surface area (Å²) in [5, 5.41) is -0.200. The summed E-state index contributed by atoms with van der Waals surface area (Å²) in [4.78, 5) is 17.8. The topological polar surface area (TPSA) is 83.7 Å². The average Bonchev–Trinajstić information content (AvgIpc) is 3.33. The molecular weight excluding hydrogens is 433 g/mol. The van der Waals surface area contributed by atoms with Gasteiger partial charge in [-0.25, -0.2) is 4.98 Å². The van der Waals surface area contributed by atoms with Gasteiger partial charge in [-0.1, -0.05) is 0 Å². The highest BCUT2D eigenvalue weighted by Crippen LogP contribution is 2.47. The van der Waals surface area contributed by atoms with Gasteiger partial charge in [0.15, 0.2) is 11.5 Å². The Kier molecular flexibility index (Phi) is 5.20. The number of hydrogen-bond acceptors (Lipinski definition) is 7. The number of benzene rings is 1. The minimum Gasteiger partial charge on any atom is -0.493 e. The van der Waals surface area contributed by atoms with Crippen LogP contribution < -0.4 is 19.9 Å². The van der Waals surface area contributed by atoms with Crippen molar-refractivity contribution in [1.29, 1.82) is 0 Å². The van der Waals surface area contributed by atoms with Crippen molar-refractivity contribution in [2.75, 3.05) is 27.1 Å². The molecule has 0 saturated heterocycles. The smallest absolute Gasteiger partial charge is 0.417 e. The molecule has 3 aromatic rings. The number of alkyl halides is 3. The van der Waals surface area contributed by atoms with Crippen LogP contribution in [0.25, 0.3) is 10.2 Å². The number of nitrogens with two attached hydrogens (primary N) is 1. The van der Waals surface area contributed by atoms with Gasteiger partial charge in [-0.05, 0) is 37.0 Å². The normalized spacial score (nSPS) is 13.4. The first-order chi connectivity index (χ1) is 14.7. The van der Waals surface area contributed by atoms with E-state index in [1.807, 2.05) is 0 Å². The molecule has 2 heterocycles. The lowest BCUT2D eigenvalue weighted by Crippen LogP contribution is -2.12. The van der Waals surface area contributed by atoms with Crippen molar-refractivity contribution in [1.82, 2.24) is 4.98 Å². The third-order valence-corrected chi connectivity index (χ3v) is 6.42. The zero-order valence-corrected chi connectivity index (χ0v) is 17.8. The summed E-state index contributed by atoms with van der Waals surface area (Å²) in [6.07, 6.45) is -3.22. The summed E-state index contributed by atoms with van der Waals surface area (Å²) in [5.74, 6) is 0.243. The molecule has 0 fully saturated rings. The number of anilines is 1. The maximum absolute atomic E-state index is 14.0. The lowest BCUT2D eigenvalue weighted by molar-refractivity contribution is -0.136. The Hall–Kier alpha value is -3.01. The maximum atomic E-state index is 14.0. The van der Waals surface area contributed by atoms with Gasteiger partial charge >= 0.3 is 6.18 Å². The van der Waals surface area contributed by atoms with E-state index in [1.54, 1.807) is 0 Å². The molecule has 2 N–H and O–H groups in total. The molecule has 0 saturated carbocycles. The van der Waals surface area contributed by atoms with E-state index in [2.05, 4.69) is 4.98 Å². The SMILES string of the molecule is COc1cc(C(=O)c2sc3nc4c(c(C(F)(F)F)c3c2N)CCC4)cc(OC)c1OC. The molecule has 0 unspecified atom stereocenters. The monoisotopic (exact) mass is 452 g/mol. The molecule has 0 bridgehead atoms. The molecule has 10 heteroatoms. The molecule has 6 nitrogen and oxygen atoms in total. The van der Waals surface area contributed by atoms with Crippen molar-refractivity contribution in [2.45, 2.75) is 25.4 Å². The van der Waals surface area contributed by atoms with Crippen LogP contribution in [0, 0.1) is 0 Å². The first kappa shape index (κ1) is 21.2. The lowest BCUT2D eigenvalue weighted by atomic mass is 10.0. The van der Waals surface area contributed by atoms with Crippen LogP contribution in [0.4, 0.5) is 18.9 Å². The third-order valence-electron chi connectivity index (χ3n) is 5.32. The highest BCUT2D eigenvalue weighted by atomic mass is 32.1. The van der Waals surface area contributed by atoms with Gasteiger partial charge in [-0.15, -0.1) is 11.3 Å². The van der Waals surface area contributed by atoms with Crippen molar-refractivity contribution in [3.8, 4) is 17.2 Å². The van der Waals surface area contributed by atoms with E-state index >= 15 is 0 Å². The largest absolute Gasteiger partial charge is 0.493 e. The molecule has 31 heavy (non-hydrogen) atoms. The van der Waals surface area contributed by atoms with Gasteiger partial charge < -0.3 is 19.9 Å². The van der Waals surface area contributed by atoms with E-state index < -0.39 is 17.5 Å². The number of aromatic nitrogens is 1. The molecular formula is C21H19F3N2O4S. The molecule has 1 aliphatic rings. The average molecular weight is 452 g/mol. The number of carbonyl (C=O) groups is 1. The lowest BCUT2D eigenvalue weighted by Gasteiger charge is -2.14. The molecule has 0 atom stereocenters. The first-order valence-electron chi connectivity index (χ1n) is 9.36.